The standard InChI is InChI=1S/C28H26N2O2S/c1-20-7-6-8-22(17-20)19-30-24-9-2-3-10-25(24)33-26(28(30)32)18-21-11-13-23(14-12-21)27(31)29-15-4-5-16-29/h2-3,6-14,17-18H,4-5,15-16,19H2,1H3. The fraction of sp³-hybridized carbons (Fsp3) is 0.214. The number of hydrogen-bond donors (Lipinski definition) is 0. The van der Waals surface area contributed by atoms with Crippen molar-refractivity contribution in [1.82, 2.24) is 4.90 Å². The van der Waals surface area contributed by atoms with Crippen LogP contribution in [-0.4, -0.2) is 29.8 Å². The lowest BCUT2D eigenvalue weighted by Gasteiger charge is -2.30. The third-order valence-electron chi connectivity index (χ3n) is 6.10. The molecular weight excluding hydrogens is 428 g/mol. The van der Waals surface area contributed by atoms with E-state index in [1.165, 1.54) is 17.3 Å². The number of nitrogens with zero attached hydrogens (tertiary/aromatic N) is 2. The quantitative estimate of drug-likeness (QED) is 0.460. The summed E-state index contributed by atoms with van der Waals surface area (Å²) >= 11 is 1.50. The van der Waals surface area contributed by atoms with Gasteiger partial charge in [-0.05, 0) is 61.2 Å². The molecule has 0 aromatic heterocycles. The first kappa shape index (κ1) is 21.5. The predicted octanol–water partition coefficient (Wildman–Crippen LogP) is 5.91. The Balaban J connectivity index is 1.42. The van der Waals surface area contributed by atoms with Crippen LogP contribution in [0.25, 0.3) is 6.08 Å². The van der Waals surface area contributed by atoms with E-state index in [0.29, 0.717) is 17.0 Å². The topological polar surface area (TPSA) is 40.6 Å². The van der Waals surface area contributed by atoms with Crippen molar-refractivity contribution >= 4 is 35.3 Å². The minimum Gasteiger partial charge on any atom is -0.339 e. The number of fused-ring (bicyclic) bond motifs is 1. The Morgan fingerprint density at radius 2 is 1.73 bits per heavy atom. The lowest BCUT2D eigenvalue weighted by atomic mass is 10.1. The fourth-order valence-corrected chi connectivity index (χ4v) is 5.45. The molecule has 4 nitrogen and oxygen atoms in total. The third-order valence-corrected chi connectivity index (χ3v) is 7.18. The molecule has 0 spiro atoms. The molecule has 3 aromatic rings. The van der Waals surface area contributed by atoms with Gasteiger partial charge in [-0.3, -0.25) is 9.59 Å². The van der Waals surface area contributed by atoms with E-state index in [4.69, 9.17) is 0 Å². The first-order valence-electron chi connectivity index (χ1n) is 11.3. The van der Waals surface area contributed by atoms with Crippen LogP contribution < -0.4 is 4.90 Å². The molecule has 0 atom stereocenters. The predicted molar refractivity (Wildman–Crippen MR) is 134 cm³/mol. The second kappa shape index (κ2) is 9.28. The molecule has 33 heavy (non-hydrogen) atoms. The minimum absolute atomic E-state index is 0.00238. The molecule has 1 fully saturated rings. The van der Waals surface area contributed by atoms with Crippen LogP contribution in [0.5, 0.6) is 0 Å². The van der Waals surface area contributed by atoms with E-state index in [-0.39, 0.29) is 11.8 Å². The van der Waals surface area contributed by atoms with Crippen LogP contribution in [0, 0.1) is 6.92 Å². The van der Waals surface area contributed by atoms with Gasteiger partial charge in [-0.25, -0.2) is 0 Å². The molecule has 0 unspecified atom stereocenters. The summed E-state index contributed by atoms with van der Waals surface area (Å²) in [6.45, 7) is 4.27. The van der Waals surface area contributed by atoms with Crippen LogP contribution in [0.4, 0.5) is 5.69 Å². The van der Waals surface area contributed by atoms with Gasteiger partial charge >= 0.3 is 0 Å². The van der Waals surface area contributed by atoms with E-state index in [1.807, 2.05) is 64.4 Å². The normalized spacial score (nSPS) is 16.9. The van der Waals surface area contributed by atoms with Gasteiger partial charge in [0.15, 0.2) is 0 Å². The maximum atomic E-state index is 13.5. The summed E-state index contributed by atoms with van der Waals surface area (Å²) < 4.78 is 0. The van der Waals surface area contributed by atoms with E-state index in [2.05, 4.69) is 31.2 Å². The molecular formula is C28H26N2O2S. The smallest absolute Gasteiger partial charge is 0.265 e. The molecule has 3 aromatic carbocycles. The molecule has 166 valence electrons. The van der Waals surface area contributed by atoms with Gasteiger partial charge < -0.3 is 9.80 Å². The number of likely N-dealkylation sites (tertiary alicyclic amines) is 1. The first-order chi connectivity index (χ1) is 16.1. The summed E-state index contributed by atoms with van der Waals surface area (Å²) in [6.07, 6.45) is 4.09. The van der Waals surface area contributed by atoms with Crippen LogP contribution in [-0.2, 0) is 11.3 Å². The Kier molecular flexibility index (Phi) is 6.05. The SMILES string of the molecule is Cc1cccc(CN2C(=O)C(=Cc3ccc(C(=O)N4CCCC4)cc3)Sc3ccccc32)c1. The van der Waals surface area contributed by atoms with Crippen LogP contribution in [0.2, 0.25) is 0 Å². The lowest BCUT2D eigenvalue weighted by Crippen LogP contribution is -2.33. The van der Waals surface area contributed by atoms with Crippen molar-refractivity contribution in [1.29, 1.82) is 0 Å². The average molecular weight is 455 g/mol. The van der Waals surface area contributed by atoms with Crippen molar-refractivity contribution in [2.75, 3.05) is 18.0 Å². The van der Waals surface area contributed by atoms with Crippen molar-refractivity contribution < 1.29 is 9.59 Å². The minimum atomic E-state index is -0.00238. The highest BCUT2D eigenvalue weighted by Crippen LogP contribution is 2.42. The summed E-state index contributed by atoms with van der Waals surface area (Å²) in [6, 6.07) is 23.9. The van der Waals surface area contributed by atoms with Crippen molar-refractivity contribution in [3.63, 3.8) is 0 Å². The second-order valence-corrected chi connectivity index (χ2v) is 9.66. The number of amides is 2. The highest BCUT2D eigenvalue weighted by atomic mass is 32.2. The van der Waals surface area contributed by atoms with Crippen molar-refractivity contribution in [2.45, 2.75) is 31.2 Å². The molecule has 0 bridgehead atoms. The number of anilines is 1. The summed E-state index contributed by atoms with van der Waals surface area (Å²) in [7, 11) is 0. The third kappa shape index (κ3) is 4.60. The van der Waals surface area contributed by atoms with E-state index < -0.39 is 0 Å². The Hall–Kier alpha value is -3.31. The Morgan fingerprint density at radius 1 is 0.970 bits per heavy atom. The van der Waals surface area contributed by atoms with Crippen molar-refractivity contribution in [3.05, 3.63) is 100.0 Å². The zero-order valence-electron chi connectivity index (χ0n) is 18.7. The van der Waals surface area contributed by atoms with Gasteiger partial charge in [0.1, 0.15) is 0 Å². The van der Waals surface area contributed by atoms with Gasteiger partial charge in [-0.1, -0.05) is 65.9 Å². The molecule has 2 amide bonds. The Morgan fingerprint density at radius 3 is 2.48 bits per heavy atom. The monoisotopic (exact) mass is 454 g/mol. The average Bonchev–Trinajstić information content (AvgIpc) is 3.37. The molecule has 0 aliphatic carbocycles. The lowest BCUT2D eigenvalue weighted by molar-refractivity contribution is -0.114. The number of rotatable bonds is 4. The summed E-state index contributed by atoms with van der Waals surface area (Å²) in [5.74, 6) is 0.0884. The summed E-state index contributed by atoms with van der Waals surface area (Å²) in [5.41, 5.74) is 4.85. The van der Waals surface area contributed by atoms with Crippen LogP contribution in [0.3, 0.4) is 0 Å². The zero-order valence-corrected chi connectivity index (χ0v) is 19.5. The van der Waals surface area contributed by atoms with Gasteiger partial charge in [0.05, 0.1) is 17.1 Å². The van der Waals surface area contributed by atoms with E-state index in [0.717, 1.165) is 47.6 Å². The van der Waals surface area contributed by atoms with Gasteiger partial charge in [-0.15, -0.1) is 0 Å². The maximum absolute atomic E-state index is 13.5. The van der Waals surface area contributed by atoms with Crippen molar-refractivity contribution in [2.24, 2.45) is 0 Å². The van der Waals surface area contributed by atoms with E-state index in [9.17, 15) is 9.59 Å². The van der Waals surface area contributed by atoms with Crippen LogP contribution in [0.15, 0.2) is 82.6 Å². The highest BCUT2D eigenvalue weighted by Gasteiger charge is 2.29. The molecule has 2 heterocycles. The number of carbonyl (C=O) groups is 2. The Bertz CT molecular complexity index is 1230. The largest absolute Gasteiger partial charge is 0.339 e. The summed E-state index contributed by atoms with van der Waals surface area (Å²) in [4.78, 5) is 31.6. The van der Waals surface area contributed by atoms with Crippen LogP contribution >= 0.6 is 11.8 Å². The number of benzene rings is 3. The molecule has 1 saturated heterocycles. The molecule has 2 aliphatic rings. The number of carbonyl (C=O) groups excluding carboxylic acids is 2. The van der Waals surface area contributed by atoms with E-state index in [1.54, 1.807) is 0 Å². The zero-order chi connectivity index (χ0) is 22.8. The van der Waals surface area contributed by atoms with Gasteiger partial charge in [0, 0.05) is 23.5 Å². The van der Waals surface area contributed by atoms with E-state index >= 15 is 0 Å². The van der Waals surface area contributed by atoms with Crippen LogP contribution in [0.1, 0.15) is 39.9 Å². The summed E-state index contributed by atoms with van der Waals surface area (Å²) in [5, 5.41) is 0. The van der Waals surface area contributed by atoms with Crippen molar-refractivity contribution in [3.8, 4) is 0 Å². The number of hydrogen-bond acceptors (Lipinski definition) is 3. The maximum Gasteiger partial charge on any atom is 0.265 e. The molecule has 0 saturated carbocycles. The fourth-order valence-electron chi connectivity index (χ4n) is 4.39. The molecule has 0 radical (unpaired) electrons. The van der Waals surface area contributed by atoms with Gasteiger partial charge in [0.2, 0.25) is 0 Å². The highest BCUT2D eigenvalue weighted by molar-refractivity contribution is 8.04. The van der Waals surface area contributed by atoms with Gasteiger partial charge in [-0.2, -0.15) is 0 Å². The Labute approximate surface area is 198 Å². The number of aryl methyl sites for hydroxylation is 1. The number of para-hydroxylation sites is 1. The molecule has 2 aliphatic heterocycles. The van der Waals surface area contributed by atoms with Gasteiger partial charge in [0.25, 0.3) is 11.8 Å². The second-order valence-electron chi connectivity index (χ2n) is 8.58. The molecule has 5 rings (SSSR count). The molecule has 0 N–H and O–H groups in total. The number of thioether (sulfide) groups is 1. The molecule has 5 heteroatoms. The first-order valence-corrected chi connectivity index (χ1v) is 12.2.